The molecule has 0 amide bonds. The van der Waals surface area contributed by atoms with Crippen molar-refractivity contribution in [2.24, 2.45) is 10.8 Å². The fourth-order valence-corrected chi connectivity index (χ4v) is 2.68. The Morgan fingerprint density at radius 3 is 2.79 bits per heavy atom. The highest BCUT2D eigenvalue weighted by molar-refractivity contribution is 7.99. The van der Waals surface area contributed by atoms with Crippen molar-refractivity contribution in [2.45, 2.75) is 11.7 Å². The fourth-order valence-electron chi connectivity index (χ4n) is 1.82. The molecule has 7 heteroatoms. The molecule has 6 nitrogen and oxygen atoms in total. The van der Waals surface area contributed by atoms with Gasteiger partial charge in [0.2, 0.25) is 5.16 Å². The van der Waals surface area contributed by atoms with Crippen molar-refractivity contribution in [3.63, 3.8) is 0 Å². The molecule has 2 aromatic rings. The number of hydrogen-bond acceptors (Lipinski definition) is 6. The van der Waals surface area contributed by atoms with Crippen molar-refractivity contribution >= 4 is 17.5 Å². The van der Waals surface area contributed by atoms with Crippen molar-refractivity contribution in [2.75, 3.05) is 12.9 Å². The van der Waals surface area contributed by atoms with Gasteiger partial charge in [0.25, 0.3) is 0 Å². The van der Waals surface area contributed by atoms with E-state index < -0.39 is 0 Å². The zero-order chi connectivity index (χ0) is 13.2. The maximum atomic E-state index is 5.62. The number of rotatable bonds is 3. The third-order valence-corrected chi connectivity index (χ3v) is 3.77. The van der Waals surface area contributed by atoms with Crippen LogP contribution in [0.25, 0.3) is 0 Å². The summed E-state index contributed by atoms with van der Waals surface area (Å²) in [6.45, 7) is 0.326. The van der Waals surface area contributed by atoms with E-state index in [-0.39, 0.29) is 0 Å². The lowest BCUT2D eigenvalue weighted by Crippen LogP contribution is -2.15. The molecule has 0 saturated heterocycles. The van der Waals surface area contributed by atoms with Gasteiger partial charge < -0.3 is 10.5 Å². The van der Waals surface area contributed by atoms with Gasteiger partial charge in [-0.25, -0.2) is 0 Å². The molecule has 0 aliphatic carbocycles. The third kappa shape index (κ3) is 2.22. The van der Waals surface area contributed by atoms with Gasteiger partial charge in [-0.05, 0) is 29.8 Å². The van der Waals surface area contributed by atoms with Crippen LogP contribution in [0.4, 0.5) is 0 Å². The Bertz CT molecular complexity index is 620. The van der Waals surface area contributed by atoms with E-state index in [0.29, 0.717) is 12.4 Å². The Morgan fingerprint density at radius 1 is 1.32 bits per heavy atom. The number of ether oxygens (including phenoxy) is 1. The van der Waals surface area contributed by atoms with Crippen LogP contribution in [0.15, 0.2) is 34.5 Å². The highest BCUT2D eigenvalue weighted by atomic mass is 32.2. The van der Waals surface area contributed by atoms with Gasteiger partial charge in [-0.1, -0.05) is 11.8 Å². The maximum Gasteiger partial charge on any atom is 0.212 e. The van der Waals surface area contributed by atoms with E-state index in [2.05, 4.69) is 15.3 Å². The van der Waals surface area contributed by atoms with Gasteiger partial charge >= 0.3 is 0 Å². The molecule has 0 saturated carbocycles. The summed E-state index contributed by atoms with van der Waals surface area (Å²) in [5.41, 5.74) is 7.67. The van der Waals surface area contributed by atoms with E-state index in [4.69, 9.17) is 10.5 Å². The number of nitrogens with two attached hydrogens (primary N) is 1. The molecule has 0 bridgehead atoms. The van der Waals surface area contributed by atoms with Gasteiger partial charge in [0.1, 0.15) is 5.75 Å². The smallest absolute Gasteiger partial charge is 0.212 e. The quantitative estimate of drug-likeness (QED) is 0.907. The maximum absolute atomic E-state index is 5.62. The van der Waals surface area contributed by atoms with Crippen LogP contribution in [0.3, 0.4) is 0 Å². The first kappa shape index (κ1) is 12.2. The summed E-state index contributed by atoms with van der Waals surface area (Å²) in [4.78, 5) is 0. The molecule has 0 unspecified atom stereocenters. The number of methoxy groups -OCH3 is 1. The van der Waals surface area contributed by atoms with Crippen molar-refractivity contribution in [1.82, 2.24) is 14.9 Å². The molecule has 1 aliphatic rings. The second-order valence-electron chi connectivity index (χ2n) is 3.98. The number of nitrogens with zero attached hydrogens (tertiary/aromatic N) is 4. The molecule has 2 heterocycles. The molecule has 0 spiro atoms. The molecule has 98 valence electrons. The van der Waals surface area contributed by atoms with Crippen LogP contribution in [0.5, 0.6) is 5.75 Å². The minimum Gasteiger partial charge on any atom is -0.497 e. The normalized spacial score (nSPS) is 13.9. The minimum absolute atomic E-state index is 0.326. The van der Waals surface area contributed by atoms with Crippen molar-refractivity contribution in [1.29, 1.82) is 0 Å². The average Bonchev–Trinajstić information content (AvgIpc) is 2.89. The number of benzene rings is 1. The SMILES string of the molecule is COc1ccc(C2=Nn3c(CN)nnc3SC2)cc1. The zero-order valence-electron chi connectivity index (χ0n) is 10.4. The Morgan fingerprint density at radius 2 is 2.11 bits per heavy atom. The molecule has 19 heavy (non-hydrogen) atoms. The lowest BCUT2D eigenvalue weighted by atomic mass is 10.1. The summed E-state index contributed by atoms with van der Waals surface area (Å²) in [7, 11) is 1.65. The van der Waals surface area contributed by atoms with E-state index in [0.717, 1.165) is 27.9 Å². The molecule has 1 aromatic carbocycles. The van der Waals surface area contributed by atoms with Gasteiger partial charge in [-0.15, -0.1) is 10.2 Å². The molecule has 0 atom stereocenters. The topological polar surface area (TPSA) is 78.3 Å². The van der Waals surface area contributed by atoms with Gasteiger partial charge in [0.15, 0.2) is 5.82 Å². The van der Waals surface area contributed by atoms with Crippen LogP contribution in [0, 0.1) is 0 Å². The number of hydrogen-bond donors (Lipinski definition) is 1. The summed E-state index contributed by atoms with van der Waals surface area (Å²) in [6, 6.07) is 7.84. The van der Waals surface area contributed by atoms with Gasteiger partial charge in [0.05, 0.1) is 19.4 Å². The van der Waals surface area contributed by atoms with Crippen LogP contribution in [0.1, 0.15) is 11.4 Å². The molecule has 2 N–H and O–H groups in total. The van der Waals surface area contributed by atoms with E-state index in [1.54, 1.807) is 23.5 Å². The summed E-state index contributed by atoms with van der Waals surface area (Å²) in [5, 5.41) is 13.4. The van der Waals surface area contributed by atoms with Crippen molar-refractivity contribution in [3.05, 3.63) is 35.7 Å². The Kier molecular flexibility index (Phi) is 3.22. The average molecular weight is 275 g/mol. The highest BCUT2D eigenvalue weighted by Gasteiger charge is 2.18. The van der Waals surface area contributed by atoms with E-state index in [1.165, 1.54) is 0 Å². The van der Waals surface area contributed by atoms with Crippen LogP contribution >= 0.6 is 11.8 Å². The molecule has 1 aliphatic heterocycles. The van der Waals surface area contributed by atoms with E-state index in [1.807, 2.05) is 24.3 Å². The second kappa shape index (κ2) is 5.02. The largest absolute Gasteiger partial charge is 0.497 e. The Labute approximate surface area is 114 Å². The fraction of sp³-hybridized carbons (Fsp3) is 0.250. The zero-order valence-corrected chi connectivity index (χ0v) is 11.2. The van der Waals surface area contributed by atoms with Gasteiger partial charge in [0, 0.05) is 5.75 Å². The first-order valence-electron chi connectivity index (χ1n) is 5.81. The predicted molar refractivity (Wildman–Crippen MR) is 73.6 cm³/mol. The summed E-state index contributed by atoms with van der Waals surface area (Å²) >= 11 is 1.61. The Balaban J connectivity index is 1.97. The van der Waals surface area contributed by atoms with Crippen molar-refractivity contribution in [3.8, 4) is 5.75 Å². The number of fused-ring (bicyclic) bond motifs is 1. The summed E-state index contributed by atoms with van der Waals surface area (Å²) in [5.74, 6) is 2.28. The molecule has 0 fully saturated rings. The van der Waals surface area contributed by atoms with Crippen molar-refractivity contribution < 1.29 is 4.74 Å². The molecular weight excluding hydrogens is 262 g/mol. The number of thioether (sulfide) groups is 1. The molecule has 0 radical (unpaired) electrons. The Hall–Kier alpha value is -1.86. The van der Waals surface area contributed by atoms with E-state index >= 15 is 0 Å². The molecule has 1 aromatic heterocycles. The minimum atomic E-state index is 0.326. The highest BCUT2D eigenvalue weighted by Crippen LogP contribution is 2.24. The van der Waals surface area contributed by atoms with Crippen LogP contribution in [-0.2, 0) is 6.54 Å². The third-order valence-electron chi connectivity index (χ3n) is 2.84. The first-order valence-corrected chi connectivity index (χ1v) is 6.80. The molecular formula is C12H13N5OS. The summed E-state index contributed by atoms with van der Waals surface area (Å²) in [6.07, 6.45) is 0. The second-order valence-corrected chi connectivity index (χ2v) is 4.92. The molecule has 3 rings (SSSR count). The standard InChI is InChI=1S/C12H13N5OS/c1-18-9-4-2-8(3-5-9)10-7-19-12-15-14-11(6-13)17(12)16-10/h2-5H,6-7,13H2,1H3. The summed E-state index contributed by atoms with van der Waals surface area (Å²) < 4.78 is 6.87. The monoisotopic (exact) mass is 275 g/mol. The predicted octanol–water partition coefficient (Wildman–Crippen LogP) is 1.10. The van der Waals surface area contributed by atoms with Gasteiger partial charge in [-0.3, -0.25) is 0 Å². The lowest BCUT2D eigenvalue weighted by Gasteiger charge is -2.13. The van der Waals surface area contributed by atoms with Crippen LogP contribution in [-0.4, -0.2) is 33.4 Å². The lowest BCUT2D eigenvalue weighted by molar-refractivity contribution is 0.415. The number of aromatic nitrogens is 3. The van der Waals surface area contributed by atoms with Crippen LogP contribution < -0.4 is 10.5 Å². The van der Waals surface area contributed by atoms with Crippen LogP contribution in [0.2, 0.25) is 0 Å². The van der Waals surface area contributed by atoms with Gasteiger partial charge in [-0.2, -0.15) is 9.78 Å². The first-order chi connectivity index (χ1) is 9.31. The van der Waals surface area contributed by atoms with E-state index in [9.17, 15) is 0 Å².